The summed E-state index contributed by atoms with van der Waals surface area (Å²) in [6.45, 7) is 9.15. The molecule has 15 heavy (non-hydrogen) atoms. The first kappa shape index (κ1) is 13.7. The van der Waals surface area contributed by atoms with E-state index in [-0.39, 0.29) is 0 Å². The standard InChI is InChI=1S/C9H11NO.C4H10/c1-8-2-4-9(5-3-8)6-10-7-11;1-4(2)3/h2-5,7H,6H2,1H3,(H,10,11);4H,1-3H3. The van der Waals surface area contributed by atoms with Gasteiger partial charge in [0.15, 0.2) is 0 Å². The van der Waals surface area contributed by atoms with Crippen LogP contribution in [0.4, 0.5) is 0 Å². The fraction of sp³-hybridized carbons (Fsp3) is 0.462. The van der Waals surface area contributed by atoms with Crippen LogP contribution in [0.2, 0.25) is 0 Å². The molecule has 1 rings (SSSR count). The van der Waals surface area contributed by atoms with E-state index in [4.69, 9.17) is 0 Å². The van der Waals surface area contributed by atoms with Crippen LogP contribution in [0.1, 0.15) is 31.9 Å². The van der Waals surface area contributed by atoms with Crippen LogP contribution < -0.4 is 5.32 Å². The van der Waals surface area contributed by atoms with Crippen molar-refractivity contribution in [2.75, 3.05) is 0 Å². The van der Waals surface area contributed by atoms with Gasteiger partial charge in [0.1, 0.15) is 0 Å². The number of carbonyl (C=O) groups excluding carboxylic acids is 1. The number of rotatable bonds is 3. The Labute approximate surface area is 92.7 Å². The van der Waals surface area contributed by atoms with Gasteiger partial charge in [-0.05, 0) is 18.4 Å². The monoisotopic (exact) mass is 207 g/mol. The third-order valence-corrected chi connectivity index (χ3v) is 1.51. The molecule has 2 nitrogen and oxygen atoms in total. The van der Waals surface area contributed by atoms with E-state index in [1.165, 1.54) is 5.56 Å². The highest BCUT2D eigenvalue weighted by Crippen LogP contribution is 2.01. The molecule has 0 aliphatic heterocycles. The van der Waals surface area contributed by atoms with Gasteiger partial charge in [0.25, 0.3) is 0 Å². The van der Waals surface area contributed by atoms with Crippen molar-refractivity contribution < 1.29 is 4.79 Å². The molecule has 1 amide bonds. The maximum atomic E-state index is 9.93. The predicted molar refractivity (Wildman–Crippen MR) is 64.6 cm³/mol. The fourth-order valence-electron chi connectivity index (χ4n) is 0.865. The van der Waals surface area contributed by atoms with Gasteiger partial charge < -0.3 is 5.32 Å². The summed E-state index contributed by atoms with van der Waals surface area (Å²) in [4.78, 5) is 9.93. The van der Waals surface area contributed by atoms with Crippen LogP contribution in [-0.2, 0) is 11.3 Å². The zero-order valence-corrected chi connectivity index (χ0v) is 10.1. The van der Waals surface area contributed by atoms with Gasteiger partial charge in [-0.25, -0.2) is 0 Å². The molecule has 0 radical (unpaired) electrons. The molecule has 0 unspecified atom stereocenters. The van der Waals surface area contributed by atoms with E-state index >= 15 is 0 Å². The maximum absolute atomic E-state index is 9.93. The Kier molecular flexibility index (Phi) is 7.33. The summed E-state index contributed by atoms with van der Waals surface area (Å²) in [6.07, 6.45) is 0.708. The Morgan fingerprint density at radius 2 is 1.67 bits per heavy atom. The van der Waals surface area contributed by atoms with Gasteiger partial charge >= 0.3 is 0 Å². The van der Waals surface area contributed by atoms with Crippen LogP contribution >= 0.6 is 0 Å². The van der Waals surface area contributed by atoms with Gasteiger partial charge in [0, 0.05) is 6.54 Å². The molecule has 0 fully saturated rings. The number of benzene rings is 1. The number of aryl methyl sites for hydroxylation is 1. The zero-order chi connectivity index (χ0) is 11.7. The molecule has 84 valence electrons. The van der Waals surface area contributed by atoms with E-state index in [1.807, 2.05) is 31.2 Å². The minimum absolute atomic E-state index is 0.615. The Bertz CT molecular complexity index is 262. The first-order valence-electron chi connectivity index (χ1n) is 5.28. The summed E-state index contributed by atoms with van der Waals surface area (Å²) in [5, 5.41) is 2.60. The quantitative estimate of drug-likeness (QED) is 0.759. The van der Waals surface area contributed by atoms with Crippen molar-refractivity contribution in [1.29, 1.82) is 0 Å². The van der Waals surface area contributed by atoms with Crippen LogP contribution in [0, 0.1) is 12.8 Å². The second-order valence-corrected chi connectivity index (χ2v) is 4.22. The van der Waals surface area contributed by atoms with E-state index in [0.29, 0.717) is 13.0 Å². The molecular weight excluding hydrogens is 186 g/mol. The number of amides is 1. The van der Waals surface area contributed by atoms with Gasteiger partial charge in [-0.2, -0.15) is 0 Å². The Hall–Kier alpha value is -1.31. The SMILES string of the molecule is CC(C)C.Cc1ccc(CNC=O)cc1. The molecule has 0 heterocycles. The van der Waals surface area contributed by atoms with E-state index in [0.717, 1.165) is 11.5 Å². The molecule has 0 saturated carbocycles. The van der Waals surface area contributed by atoms with Crippen molar-refractivity contribution in [1.82, 2.24) is 5.32 Å². The molecule has 0 saturated heterocycles. The minimum Gasteiger partial charge on any atom is -0.355 e. The largest absolute Gasteiger partial charge is 0.355 e. The van der Waals surface area contributed by atoms with Gasteiger partial charge in [-0.15, -0.1) is 0 Å². The normalized spacial score (nSPS) is 9.13. The number of nitrogens with one attached hydrogen (secondary N) is 1. The summed E-state index contributed by atoms with van der Waals surface area (Å²) < 4.78 is 0. The lowest BCUT2D eigenvalue weighted by atomic mass is 10.1. The van der Waals surface area contributed by atoms with E-state index in [1.54, 1.807) is 0 Å². The van der Waals surface area contributed by atoms with Crippen molar-refractivity contribution in [3.8, 4) is 0 Å². The van der Waals surface area contributed by atoms with Crippen molar-refractivity contribution in [3.05, 3.63) is 35.4 Å². The molecule has 1 N–H and O–H groups in total. The van der Waals surface area contributed by atoms with Crippen LogP contribution in [0.3, 0.4) is 0 Å². The molecule has 0 aliphatic rings. The van der Waals surface area contributed by atoms with Crippen LogP contribution in [0.15, 0.2) is 24.3 Å². The average molecular weight is 207 g/mol. The molecule has 0 atom stereocenters. The molecule has 1 aromatic rings. The molecule has 1 aromatic carbocycles. The first-order chi connectivity index (χ1) is 7.06. The van der Waals surface area contributed by atoms with Crippen LogP contribution in [0.25, 0.3) is 0 Å². The van der Waals surface area contributed by atoms with E-state index < -0.39 is 0 Å². The topological polar surface area (TPSA) is 29.1 Å². The maximum Gasteiger partial charge on any atom is 0.207 e. The van der Waals surface area contributed by atoms with Crippen molar-refractivity contribution >= 4 is 6.41 Å². The van der Waals surface area contributed by atoms with Crippen molar-refractivity contribution in [2.45, 2.75) is 34.2 Å². The zero-order valence-electron chi connectivity index (χ0n) is 10.1. The lowest BCUT2D eigenvalue weighted by Crippen LogP contribution is -2.09. The first-order valence-corrected chi connectivity index (χ1v) is 5.28. The Morgan fingerprint density at radius 3 is 2.07 bits per heavy atom. The van der Waals surface area contributed by atoms with Crippen LogP contribution in [-0.4, -0.2) is 6.41 Å². The van der Waals surface area contributed by atoms with Gasteiger partial charge in [-0.1, -0.05) is 50.6 Å². The average Bonchev–Trinajstić information content (AvgIpc) is 2.16. The Morgan fingerprint density at radius 1 is 1.20 bits per heavy atom. The highest BCUT2D eigenvalue weighted by Gasteiger charge is 1.88. The highest BCUT2D eigenvalue weighted by atomic mass is 16.1. The van der Waals surface area contributed by atoms with Gasteiger partial charge in [-0.3, -0.25) is 4.79 Å². The number of carbonyl (C=O) groups is 1. The minimum atomic E-state index is 0.615. The highest BCUT2D eigenvalue weighted by molar-refractivity contribution is 5.46. The molecule has 2 heteroatoms. The lowest BCUT2D eigenvalue weighted by molar-refractivity contribution is -0.109. The van der Waals surface area contributed by atoms with Crippen molar-refractivity contribution in [3.63, 3.8) is 0 Å². The van der Waals surface area contributed by atoms with E-state index in [2.05, 4.69) is 26.1 Å². The summed E-state index contributed by atoms with van der Waals surface area (Å²) in [5.41, 5.74) is 2.36. The Balaban J connectivity index is 0.000000423. The molecule has 0 aliphatic carbocycles. The smallest absolute Gasteiger partial charge is 0.207 e. The van der Waals surface area contributed by atoms with Crippen molar-refractivity contribution in [2.24, 2.45) is 5.92 Å². The molecule has 0 spiro atoms. The van der Waals surface area contributed by atoms with Gasteiger partial charge in [0.2, 0.25) is 6.41 Å². The number of hydrogen-bond donors (Lipinski definition) is 1. The van der Waals surface area contributed by atoms with Crippen LogP contribution in [0.5, 0.6) is 0 Å². The van der Waals surface area contributed by atoms with Gasteiger partial charge in [0.05, 0.1) is 0 Å². The second-order valence-electron chi connectivity index (χ2n) is 4.22. The second kappa shape index (κ2) is 8.04. The predicted octanol–water partition coefficient (Wildman–Crippen LogP) is 2.90. The molecule has 0 aromatic heterocycles. The summed E-state index contributed by atoms with van der Waals surface area (Å²) in [7, 11) is 0. The van der Waals surface area contributed by atoms with E-state index in [9.17, 15) is 4.79 Å². The molecular formula is C13H21NO. The molecule has 0 bridgehead atoms. The summed E-state index contributed by atoms with van der Waals surface area (Å²) in [5.74, 6) is 0.833. The lowest BCUT2D eigenvalue weighted by Gasteiger charge is -1.98. The summed E-state index contributed by atoms with van der Waals surface area (Å²) >= 11 is 0. The fourth-order valence-corrected chi connectivity index (χ4v) is 0.865. The third-order valence-electron chi connectivity index (χ3n) is 1.51. The number of hydrogen-bond acceptors (Lipinski definition) is 1. The summed E-state index contributed by atoms with van der Waals surface area (Å²) in [6, 6.07) is 8.07. The third kappa shape index (κ3) is 9.01.